The Labute approximate surface area is 141 Å². The van der Waals surface area contributed by atoms with Crippen LogP contribution in [0.2, 0.25) is 0 Å². The van der Waals surface area contributed by atoms with Crippen molar-refractivity contribution in [1.82, 2.24) is 0 Å². The summed E-state index contributed by atoms with van der Waals surface area (Å²) in [6.45, 7) is 0.122. The number of benzene rings is 2. The molecular weight excluding hydrogens is 308 g/mol. The summed E-state index contributed by atoms with van der Waals surface area (Å²) in [6, 6.07) is 11.0. The fourth-order valence-corrected chi connectivity index (χ4v) is 3.18. The van der Waals surface area contributed by atoms with Gasteiger partial charge in [-0.3, -0.25) is 0 Å². The highest BCUT2D eigenvalue weighted by Gasteiger charge is 2.35. The number of phenols is 1. The van der Waals surface area contributed by atoms with Crippen LogP contribution in [0.15, 0.2) is 36.4 Å². The lowest BCUT2D eigenvalue weighted by atomic mass is 9.90. The van der Waals surface area contributed by atoms with E-state index in [1.165, 1.54) is 7.11 Å². The van der Waals surface area contributed by atoms with Crippen LogP contribution in [0.3, 0.4) is 0 Å². The number of rotatable bonds is 6. The maximum Gasteiger partial charge on any atom is 0.160 e. The van der Waals surface area contributed by atoms with E-state index in [4.69, 9.17) is 14.6 Å². The molecule has 0 aromatic heterocycles. The Bertz CT molecular complexity index is 713. The highest BCUT2D eigenvalue weighted by molar-refractivity contribution is 5.48. The van der Waals surface area contributed by atoms with Gasteiger partial charge in [0.15, 0.2) is 11.5 Å². The zero-order chi connectivity index (χ0) is 17.1. The highest BCUT2D eigenvalue weighted by atomic mass is 16.5. The molecular formula is C19H22O5. The van der Waals surface area contributed by atoms with Gasteiger partial charge >= 0.3 is 0 Å². The second kappa shape index (κ2) is 7.11. The van der Waals surface area contributed by atoms with E-state index < -0.39 is 0 Å². The molecule has 0 fully saturated rings. The molecule has 2 aromatic rings. The molecule has 3 N–H and O–H groups in total. The zero-order valence-corrected chi connectivity index (χ0v) is 13.6. The predicted octanol–water partition coefficient (Wildman–Crippen LogP) is 2.54. The maximum atomic E-state index is 9.89. The van der Waals surface area contributed by atoms with Crippen LogP contribution in [0.1, 0.15) is 35.1 Å². The minimum atomic E-state index is -0.326. The Morgan fingerprint density at radius 3 is 2.67 bits per heavy atom. The lowest BCUT2D eigenvalue weighted by Crippen LogP contribution is -2.13. The molecule has 3 rings (SSSR count). The molecule has 5 nitrogen and oxygen atoms in total. The molecule has 0 saturated heterocycles. The van der Waals surface area contributed by atoms with E-state index in [2.05, 4.69) is 0 Å². The molecule has 1 aliphatic rings. The smallest absolute Gasteiger partial charge is 0.160 e. The number of aromatic hydroxyl groups is 1. The van der Waals surface area contributed by atoms with E-state index in [1.807, 2.05) is 18.2 Å². The number of ether oxygens (including phenoxy) is 2. The normalized spacial score (nSPS) is 19.0. The largest absolute Gasteiger partial charge is 0.504 e. The number of aryl methyl sites for hydroxylation is 1. The van der Waals surface area contributed by atoms with E-state index in [-0.39, 0.29) is 31.0 Å². The molecule has 128 valence electrons. The average molecular weight is 330 g/mol. The number of aliphatic hydroxyl groups excluding tert-OH is 2. The zero-order valence-electron chi connectivity index (χ0n) is 13.6. The van der Waals surface area contributed by atoms with Crippen LogP contribution in [-0.4, -0.2) is 35.6 Å². The molecule has 0 aliphatic carbocycles. The molecule has 0 amide bonds. The van der Waals surface area contributed by atoms with Gasteiger partial charge in [0.1, 0.15) is 11.9 Å². The van der Waals surface area contributed by atoms with Gasteiger partial charge in [-0.15, -0.1) is 0 Å². The summed E-state index contributed by atoms with van der Waals surface area (Å²) in [6.07, 6.45) is 1.18. The van der Waals surface area contributed by atoms with Gasteiger partial charge in [-0.05, 0) is 42.2 Å². The molecule has 0 spiro atoms. The second-order valence-electron chi connectivity index (χ2n) is 5.96. The van der Waals surface area contributed by atoms with Crippen molar-refractivity contribution in [3.05, 3.63) is 53.1 Å². The van der Waals surface area contributed by atoms with Crippen molar-refractivity contribution in [2.24, 2.45) is 0 Å². The van der Waals surface area contributed by atoms with Gasteiger partial charge in [0.2, 0.25) is 0 Å². The van der Waals surface area contributed by atoms with Gasteiger partial charge in [-0.2, -0.15) is 0 Å². The first-order chi connectivity index (χ1) is 11.7. The number of methoxy groups -OCH3 is 1. The average Bonchev–Trinajstić information content (AvgIpc) is 2.98. The third-order valence-electron chi connectivity index (χ3n) is 4.45. The molecule has 24 heavy (non-hydrogen) atoms. The highest BCUT2D eigenvalue weighted by Crippen LogP contribution is 2.47. The monoisotopic (exact) mass is 330 g/mol. The van der Waals surface area contributed by atoms with Gasteiger partial charge in [0, 0.05) is 12.2 Å². The topological polar surface area (TPSA) is 79.2 Å². The van der Waals surface area contributed by atoms with Crippen LogP contribution in [0.5, 0.6) is 17.2 Å². The SMILES string of the molecule is COc1cc([C@H]2Oc3ccc(CCCO)cc3[C@@H]2CO)ccc1O. The Morgan fingerprint density at radius 1 is 1.12 bits per heavy atom. The Balaban J connectivity index is 1.91. The molecule has 0 radical (unpaired) electrons. The van der Waals surface area contributed by atoms with Crippen LogP contribution >= 0.6 is 0 Å². The van der Waals surface area contributed by atoms with Gasteiger partial charge in [0.05, 0.1) is 19.6 Å². The number of phenolic OH excluding ortho intramolecular Hbond substituents is 1. The molecule has 2 atom stereocenters. The van der Waals surface area contributed by atoms with E-state index in [9.17, 15) is 10.2 Å². The molecule has 0 bridgehead atoms. The van der Waals surface area contributed by atoms with Crippen LogP contribution in [-0.2, 0) is 6.42 Å². The number of fused-ring (bicyclic) bond motifs is 1. The van der Waals surface area contributed by atoms with Crippen LogP contribution in [0.25, 0.3) is 0 Å². The first kappa shape index (κ1) is 16.6. The molecule has 5 heteroatoms. The van der Waals surface area contributed by atoms with Crippen molar-refractivity contribution < 1.29 is 24.8 Å². The number of hydrogen-bond donors (Lipinski definition) is 3. The third-order valence-corrected chi connectivity index (χ3v) is 4.45. The fourth-order valence-electron chi connectivity index (χ4n) is 3.18. The van der Waals surface area contributed by atoms with Crippen molar-refractivity contribution in [3.63, 3.8) is 0 Å². The third kappa shape index (κ3) is 3.05. The quantitative estimate of drug-likeness (QED) is 0.758. The summed E-state index contributed by atoms with van der Waals surface area (Å²) in [7, 11) is 1.50. The van der Waals surface area contributed by atoms with Gasteiger partial charge in [-0.25, -0.2) is 0 Å². The Kier molecular flexibility index (Phi) is 4.92. The Morgan fingerprint density at radius 2 is 1.96 bits per heavy atom. The van der Waals surface area contributed by atoms with Crippen LogP contribution in [0, 0.1) is 0 Å². The summed E-state index contributed by atoms with van der Waals surface area (Å²) < 4.78 is 11.2. The second-order valence-corrected chi connectivity index (χ2v) is 5.96. The first-order valence-electron chi connectivity index (χ1n) is 8.06. The molecule has 2 aromatic carbocycles. The fraction of sp³-hybridized carbons (Fsp3) is 0.368. The van der Waals surface area contributed by atoms with Gasteiger partial charge in [0.25, 0.3) is 0 Å². The lowest BCUT2D eigenvalue weighted by molar-refractivity contribution is 0.159. The summed E-state index contributed by atoms with van der Waals surface area (Å²) >= 11 is 0. The van der Waals surface area contributed by atoms with Gasteiger partial charge < -0.3 is 24.8 Å². The first-order valence-corrected chi connectivity index (χ1v) is 8.06. The van der Waals surface area contributed by atoms with Crippen molar-refractivity contribution in [2.45, 2.75) is 24.9 Å². The summed E-state index contributed by atoms with van der Waals surface area (Å²) in [5, 5.41) is 28.6. The lowest BCUT2D eigenvalue weighted by Gasteiger charge is -2.18. The standard InChI is InChI=1S/C19H22O5/c1-23-18-10-13(5-6-16(18)22)19-15(11-21)14-9-12(3-2-8-20)4-7-17(14)24-19/h4-7,9-10,15,19-22H,2-3,8,11H2,1H3/t15-,19+/m0/s1. The van der Waals surface area contributed by atoms with Crippen LogP contribution < -0.4 is 9.47 Å². The molecule has 1 heterocycles. The van der Waals surface area contributed by atoms with Crippen molar-refractivity contribution in [1.29, 1.82) is 0 Å². The van der Waals surface area contributed by atoms with Crippen molar-refractivity contribution in [2.75, 3.05) is 20.3 Å². The Hall–Kier alpha value is -2.24. The minimum Gasteiger partial charge on any atom is -0.504 e. The summed E-state index contributed by atoms with van der Waals surface area (Å²) in [5.74, 6) is 1.04. The van der Waals surface area contributed by atoms with Crippen molar-refractivity contribution in [3.8, 4) is 17.2 Å². The van der Waals surface area contributed by atoms with Gasteiger partial charge in [-0.1, -0.05) is 18.2 Å². The predicted molar refractivity (Wildman–Crippen MR) is 89.7 cm³/mol. The summed E-state index contributed by atoms with van der Waals surface area (Å²) in [5.41, 5.74) is 2.94. The van der Waals surface area contributed by atoms with E-state index in [0.717, 1.165) is 28.9 Å². The van der Waals surface area contributed by atoms with Crippen molar-refractivity contribution >= 4 is 0 Å². The number of aliphatic hydroxyl groups is 2. The molecule has 0 unspecified atom stereocenters. The summed E-state index contributed by atoms with van der Waals surface area (Å²) in [4.78, 5) is 0. The molecule has 0 saturated carbocycles. The minimum absolute atomic E-state index is 0.0374. The van der Waals surface area contributed by atoms with E-state index in [0.29, 0.717) is 12.2 Å². The maximum absolute atomic E-state index is 9.89. The van der Waals surface area contributed by atoms with E-state index >= 15 is 0 Å². The molecule has 1 aliphatic heterocycles. The van der Waals surface area contributed by atoms with E-state index in [1.54, 1.807) is 18.2 Å². The van der Waals surface area contributed by atoms with Crippen LogP contribution in [0.4, 0.5) is 0 Å². The number of hydrogen-bond acceptors (Lipinski definition) is 5.